The van der Waals surface area contributed by atoms with Crippen molar-refractivity contribution < 1.29 is 4.74 Å². The molecule has 0 bridgehead atoms. The van der Waals surface area contributed by atoms with Gasteiger partial charge in [0.2, 0.25) is 5.95 Å². The van der Waals surface area contributed by atoms with Crippen molar-refractivity contribution in [3.8, 4) is 0 Å². The van der Waals surface area contributed by atoms with Crippen molar-refractivity contribution in [1.82, 2.24) is 24.6 Å². The van der Waals surface area contributed by atoms with Crippen LogP contribution < -0.4 is 10.2 Å². The standard InChI is InChI=1S/C15H25N7O/c1-4-21-6-8-22(9-7-21)14-12-11-17-20(2)13(12)18-15(19-14)16-5-10-23-3/h11H,4-10H2,1-3H3,(H,16,18,19). The van der Waals surface area contributed by atoms with Crippen molar-refractivity contribution in [2.24, 2.45) is 7.05 Å². The summed E-state index contributed by atoms with van der Waals surface area (Å²) in [4.78, 5) is 14.1. The van der Waals surface area contributed by atoms with E-state index in [1.165, 1.54) is 0 Å². The van der Waals surface area contributed by atoms with Gasteiger partial charge in [-0.15, -0.1) is 0 Å². The number of anilines is 2. The van der Waals surface area contributed by atoms with E-state index in [1.807, 2.05) is 13.2 Å². The molecule has 23 heavy (non-hydrogen) atoms. The molecule has 1 aliphatic rings. The molecule has 1 aliphatic heterocycles. The topological polar surface area (TPSA) is 71.3 Å². The third-order valence-electron chi connectivity index (χ3n) is 4.28. The Hall–Kier alpha value is -1.93. The summed E-state index contributed by atoms with van der Waals surface area (Å²) in [7, 11) is 3.60. The fraction of sp³-hybridized carbons (Fsp3) is 0.667. The van der Waals surface area contributed by atoms with E-state index < -0.39 is 0 Å². The summed E-state index contributed by atoms with van der Waals surface area (Å²) in [5.74, 6) is 1.60. The second-order valence-corrected chi connectivity index (χ2v) is 5.72. The predicted molar refractivity (Wildman–Crippen MR) is 91.0 cm³/mol. The zero-order valence-electron chi connectivity index (χ0n) is 14.1. The number of likely N-dealkylation sites (N-methyl/N-ethyl adjacent to an activating group) is 1. The van der Waals surface area contributed by atoms with Gasteiger partial charge in [-0.25, -0.2) is 0 Å². The van der Waals surface area contributed by atoms with Gasteiger partial charge in [0.1, 0.15) is 5.82 Å². The molecule has 8 nitrogen and oxygen atoms in total. The molecule has 2 aromatic rings. The van der Waals surface area contributed by atoms with Crippen LogP contribution in [0.5, 0.6) is 0 Å². The van der Waals surface area contributed by atoms with Crippen molar-refractivity contribution >= 4 is 22.8 Å². The van der Waals surface area contributed by atoms with E-state index in [9.17, 15) is 0 Å². The average molecular weight is 319 g/mol. The molecule has 0 atom stereocenters. The molecule has 0 amide bonds. The number of methoxy groups -OCH3 is 1. The number of rotatable bonds is 6. The van der Waals surface area contributed by atoms with Gasteiger partial charge in [0, 0.05) is 46.9 Å². The fourth-order valence-electron chi connectivity index (χ4n) is 2.87. The van der Waals surface area contributed by atoms with Gasteiger partial charge in [-0.1, -0.05) is 6.92 Å². The molecule has 1 saturated heterocycles. The van der Waals surface area contributed by atoms with Crippen LogP contribution in [0.3, 0.4) is 0 Å². The van der Waals surface area contributed by atoms with Crippen molar-refractivity contribution in [3.05, 3.63) is 6.20 Å². The maximum Gasteiger partial charge on any atom is 0.226 e. The number of nitrogens with one attached hydrogen (secondary N) is 1. The highest BCUT2D eigenvalue weighted by Gasteiger charge is 2.21. The van der Waals surface area contributed by atoms with Gasteiger partial charge >= 0.3 is 0 Å². The number of aryl methyl sites for hydroxylation is 1. The summed E-state index contributed by atoms with van der Waals surface area (Å²) < 4.78 is 6.87. The second-order valence-electron chi connectivity index (χ2n) is 5.72. The summed E-state index contributed by atoms with van der Waals surface area (Å²) >= 11 is 0. The number of hydrogen-bond acceptors (Lipinski definition) is 7. The minimum Gasteiger partial charge on any atom is -0.383 e. The van der Waals surface area contributed by atoms with Crippen LogP contribution in [-0.4, -0.2) is 77.6 Å². The monoisotopic (exact) mass is 319 g/mol. The quantitative estimate of drug-likeness (QED) is 0.780. The van der Waals surface area contributed by atoms with Crippen LogP contribution in [0, 0.1) is 0 Å². The maximum absolute atomic E-state index is 5.08. The van der Waals surface area contributed by atoms with Crippen LogP contribution in [0.25, 0.3) is 11.0 Å². The SMILES string of the molecule is CCN1CCN(c2nc(NCCOC)nc3c2cnn3C)CC1. The molecule has 2 aromatic heterocycles. The molecule has 1 fully saturated rings. The molecule has 3 rings (SSSR count). The summed E-state index contributed by atoms with van der Waals surface area (Å²) in [6, 6.07) is 0. The van der Waals surface area contributed by atoms with E-state index in [0.717, 1.165) is 49.6 Å². The van der Waals surface area contributed by atoms with Crippen LogP contribution >= 0.6 is 0 Å². The predicted octanol–water partition coefficient (Wildman–Crippen LogP) is 0.564. The zero-order valence-corrected chi connectivity index (χ0v) is 14.1. The van der Waals surface area contributed by atoms with Crippen LogP contribution in [0.4, 0.5) is 11.8 Å². The van der Waals surface area contributed by atoms with E-state index in [1.54, 1.807) is 11.8 Å². The van der Waals surface area contributed by atoms with Gasteiger partial charge in [0.25, 0.3) is 0 Å². The van der Waals surface area contributed by atoms with Crippen molar-refractivity contribution in [2.75, 3.05) is 63.2 Å². The molecule has 0 spiro atoms. The lowest BCUT2D eigenvalue weighted by molar-refractivity contribution is 0.210. The van der Waals surface area contributed by atoms with Crippen LogP contribution in [0.2, 0.25) is 0 Å². The number of hydrogen-bond donors (Lipinski definition) is 1. The molecular formula is C15H25N7O. The van der Waals surface area contributed by atoms with Gasteiger partial charge in [0.05, 0.1) is 18.2 Å². The number of nitrogens with zero attached hydrogens (tertiary/aromatic N) is 6. The molecule has 8 heteroatoms. The first-order chi connectivity index (χ1) is 11.2. The Morgan fingerprint density at radius 2 is 2.00 bits per heavy atom. The van der Waals surface area contributed by atoms with Crippen LogP contribution in [0.15, 0.2) is 6.20 Å². The fourth-order valence-corrected chi connectivity index (χ4v) is 2.87. The largest absolute Gasteiger partial charge is 0.383 e. The average Bonchev–Trinajstić information content (AvgIpc) is 2.96. The van der Waals surface area contributed by atoms with Crippen LogP contribution in [-0.2, 0) is 11.8 Å². The molecule has 3 heterocycles. The first kappa shape index (κ1) is 15.9. The Kier molecular flexibility index (Phi) is 4.92. The van der Waals surface area contributed by atoms with Gasteiger partial charge in [-0.3, -0.25) is 4.68 Å². The first-order valence-electron chi connectivity index (χ1n) is 8.12. The third-order valence-corrected chi connectivity index (χ3v) is 4.28. The van der Waals surface area contributed by atoms with E-state index in [4.69, 9.17) is 9.72 Å². The Morgan fingerprint density at radius 1 is 1.22 bits per heavy atom. The van der Waals surface area contributed by atoms with Crippen molar-refractivity contribution in [1.29, 1.82) is 0 Å². The molecule has 0 radical (unpaired) electrons. The second kappa shape index (κ2) is 7.10. The number of ether oxygens (including phenoxy) is 1. The van der Waals surface area contributed by atoms with E-state index in [0.29, 0.717) is 19.1 Å². The highest BCUT2D eigenvalue weighted by Crippen LogP contribution is 2.25. The van der Waals surface area contributed by atoms with Gasteiger partial charge in [-0.2, -0.15) is 15.1 Å². The Bertz CT molecular complexity index is 649. The summed E-state index contributed by atoms with van der Waals surface area (Å²) in [6.07, 6.45) is 1.86. The molecule has 126 valence electrons. The number of aromatic nitrogens is 4. The van der Waals surface area contributed by atoms with Crippen molar-refractivity contribution in [3.63, 3.8) is 0 Å². The Labute approximate surface area is 136 Å². The highest BCUT2D eigenvalue weighted by molar-refractivity contribution is 5.88. The molecule has 0 saturated carbocycles. The minimum atomic E-state index is 0.622. The zero-order chi connectivity index (χ0) is 16.2. The first-order valence-corrected chi connectivity index (χ1v) is 8.12. The lowest BCUT2D eigenvalue weighted by Gasteiger charge is -2.35. The Morgan fingerprint density at radius 3 is 2.70 bits per heavy atom. The van der Waals surface area contributed by atoms with E-state index in [2.05, 4.69) is 32.1 Å². The van der Waals surface area contributed by atoms with Gasteiger partial charge < -0.3 is 19.9 Å². The molecule has 0 aromatic carbocycles. The van der Waals surface area contributed by atoms with E-state index >= 15 is 0 Å². The van der Waals surface area contributed by atoms with E-state index in [-0.39, 0.29) is 0 Å². The normalized spacial score (nSPS) is 16.2. The molecule has 0 unspecified atom stereocenters. The summed E-state index contributed by atoms with van der Waals surface area (Å²) in [5, 5.41) is 8.58. The minimum absolute atomic E-state index is 0.622. The molecule has 0 aliphatic carbocycles. The third kappa shape index (κ3) is 3.37. The lowest BCUT2D eigenvalue weighted by Crippen LogP contribution is -2.46. The van der Waals surface area contributed by atoms with Crippen LogP contribution in [0.1, 0.15) is 6.92 Å². The van der Waals surface area contributed by atoms with Crippen molar-refractivity contribution in [2.45, 2.75) is 6.92 Å². The van der Waals surface area contributed by atoms with Gasteiger partial charge in [0.15, 0.2) is 5.65 Å². The number of fused-ring (bicyclic) bond motifs is 1. The molecular weight excluding hydrogens is 294 g/mol. The summed E-state index contributed by atoms with van der Waals surface area (Å²) in [5.41, 5.74) is 0.854. The lowest BCUT2D eigenvalue weighted by atomic mass is 10.3. The summed E-state index contributed by atoms with van der Waals surface area (Å²) in [6.45, 7) is 8.70. The highest BCUT2D eigenvalue weighted by atomic mass is 16.5. The smallest absolute Gasteiger partial charge is 0.226 e. The Balaban J connectivity index is 1.88. The molecule has 1 N–H and O–H groups in total. The van der Waals surface area contributed by atoms with Gasteiger partial charge in [-0.05, 0) is 6.54 Å². The number of piperazine rings is 1. The maximum atomic E-state index is 5.08.